The fraction of sp³-hybridized carbons (Fsp3) is 0.250. The van der Waals surface area contributed by atoms with Crippen molar-refractivity contribution in [1.29, 1.82) is 5.26 Å². The van der Waals surface area contributed by atoms with Gasteiger partial charge in [-0.2, -0.15) is 5.26 Å². The summed E-state index contributed by atoms with van der Waals surface area (Å²) in [5.41, 5.74) is 2.09. The summed E-state index contributed by atoms with van der Waals surface area (Å²) in [6.07, 6.45) is 0.188. The molecular weight excluding hydrogens is 314 g/mol. The molecule has 0 aliphatic rings. The molecule has 2 aromatic carbocycles. The molecule has 0 spiro atoms. The van der Waals surface area contributed by atoms with E-state index in [2.05, 4.69) is 5.32 Å². The summed E-state index contributed by atoms with van der Waals surface area (Å²) in [5.74, 6) is -0.266. The quantitative estimate of drug-likeness (QED) is 0.878. The highest BCUT2D eigenvalue weighted by atomic mass is 16.2. The predicted molar refractivity (Wildman–Crippen MR) is 96.6 cm³/mol. The molecule has 1 unspecified atom stereocenters. The normalized spacial score (nSPS) is 11.2. The third kappa shape index (κ3) is 5.18. The summed E-state index contributed by atoms with van der Waals surface area (Å²) in [5, 5.41) is 11.7. The number of rotatable bonds is 6. The molecule has 0 aromatic heterocycles. The number of nitriles is 1. The van der Waals surface area contributed by atoms with Crippen molar-refractivity contribution in [3.63, 3.8) is 0 Å². The first-order chi connectivity index (χ1) is 12.0. The summed E-state index contributed by atoms with van der Waals surface area (Å²) < 4.78 is 0. The van der Waals surface area contributed by atoms with Crippen molar-refractivity contribution >= 4 is 17.5 Å². The van der Waals surface area contributed by atoms with Gasteiger partial charge in [0.1, 0.15) is 0 Å². The standard InChI is InChI=1S/C20H21N3O2/c1-15(18-8-4-3-5-9-18)23(16(2)24)12-11-20(25)22-19-10-6-7-17(13-19)14-21/h3-10,13,15H,11-12H2,1-2H3,(H,22,25). The predicted octanol–water partition coefficient (Wildman–Crippen LogP) is 3.50. The minimum Gasteiger partial charge on any atom is -0.336 e. The molecule has 0 aliphatic carbocycles. The number of hydrogen-bond acceptors (Lipinski definition) is 3. The molecule has 25 heavy (non-hydrogen) atoms. The van der Waals surface area contributed by atoms with Crippen molar-refractivity contribution in [3.8, 4) is 6.07 Å². The summed E-state index contributed by atoms with van der Waals surface area (Å²) >= 11 is 0. The van der Waals surface area contributed by atoms with Crippen LogP contribution in [0.1, 0.15) is 37.4 Å². The number of nitrogens with zero attached hydrogens (tertiary/aromatic N) is 2. The van der Waals surface area contributed by atoms with Crippen LogP contribution in [0.5, 0.6) is 0 Å². The van der Waals surface area contributed by atoms with Gasteiger partial charge in [-0.1, -0.05) is 36.4 Å². The Hall–Kier alpha value is -3.13. The highest BCUT2D eigenvalue weighted by Crippen LogP contribution is 2.20. The van der Waals surface area contributed by atoms with Crippen LogP contribution in [0.4, 0.5) is 5.69 Å². The molecule has 2 amide bonds. The van der Waals surface area contributed by atoms with Crippen molar-refractivity contribution in [2.45, 2.75) is 26.3 Å². The molecule has 5 nitrogen and oxygen atoms in total. The van der Waals surface area contributed by atoms with Crippen LogP contribution in [-0.2, 0) is 9.59 Å². The zero-order valence-corrected chi connectivity index (χ0v) is 14.4. The van der Waals surface area contributed by atoms with E-state index in [0.29, 0.717) is 17.8 Å². The summed E-state index contributed by atoms with van der Waals surface area (Å²) in [6.45, 7) is 3.79. The molecule has 1 N–H and O–H groups in total. The van der Waals surface area contributed by atoms with E-state index in [1.807, 2.05) is 43.3 Å². The maximum atomic E-state index is 12.2. The van der Waals surface area contributed by atoms with Gasteiger partial charge in [0.15, 0.2) is 0 Å². The van der Waals surface area contributed by atoms with E-state index in [-0.39, 0.29) is 24.3 Å². The lowest BCUT2D eigenvalue weighted by Crippen LogP contribution is -2.34. The highest BCUT2D eigenvalue weighted by Gasteiger charge is 2.19. The minimum absolute atomic E-state index is 0.0735. The number of amides is 2. The first-order valence-corrected chi connectivity index (χ1v) is 8.13. The molecule has 0 saturated carbocycles. The van der Waals surface area contributed by atoms with E-state index in [1.165, 1.54) is 6.92 Å². The summed E-state index contributed by atoms with van der Waals surface area (Å²) in [4.78, 5) is 25.8. The zero-order chi connectivity index (χ0) is 18.2. The van der Waals surface area contributed by atoms with E-state index in [4.69, 9.17) is 5.26 Å². The number of carbonyl (C=O) groups excluding carboxylic acids is 2. The smallest absolute Gasteiger partial charge is 0.226 e. The second-order valence-corrected chi connectivity index (χ2v) is 5.79. The average Bonchev–Trinajstić information content (AvgIpc) is 2.62. The molecule has 0 heterocycles. The van der Waals surface area contributed by atoms with E-state index in [1.54, 1.807) is 29.2 Å². The zero-order valence-electron chi connectivity index (χ0n) is 14.4. The SMILES string of the molecule is CC(=O)N(CCC(=O)Nc1cccc(C#N)c1)C(C)c1ccccc1. The Bertz CT molecular complexity index is 781. The molecule has 1 atom stereocenters. The Balaban J connectivity index is 1.97. The van der Waals surface area contributed by atoms with Crippen molar-refractivity contribution in [2.24, 2.45) is 0 Å². The Morgan fingerprint density at radius 1 is 1.16 bits per heavy atom. The molecule has 5 heteroatoms. The Morgan fingerprint density at radius 3 is 2.52 bits per heavy atom. The van der Waals surface area contributed by atoms with Crippen LogP contribution >= 0.6 is 0 Å². The molecular formula is C20H21N3O2. The Kier molecular flexibility index (Phi) is 6.30. The lowest BCUT2D eigenvalue weighted by atomic mass is 10.1. The van der Waals surface area contributed by atoms with Gasteiger partial charge in [0.05, 0.1) is 17.7 Å². The van der Waals surface area contributed by atoms with Crippen LogP contribution in [-0.4, -0.2) is 23.3 Å². The van der Waals surface area contributed by atoms with Crippen LogP contribution in [0.2, 0.25) is 0 Å². The fourth-order valence-corrected chi connectivity index (χ4v) is 2.65. The second kappa shape index (κ2) is 8.65. The molecule has 0 fully saturated rings. The number of hydrogen-bond donors (Lipinski definition) is 1. The van der Waals surface area contributed by atoms with Gasteiger partial charge in [-0.3, -0.25) is 9.59 Å². The third-order valence-electron chi connectivity index (χ3n) is 4.01. The van der Waals surface area contributed by atoms with Crippen LogP contribution in [0.15, 0.2) is 54.6 Å². The van der Waals surface area contributed by atoms with E-state index in [0.717, 1.165) is 5.56 Å². The molecule has 0 bridgehead atoms. The van der Waals surface area contributed by atoms with Crippen LogP contribution in [0.25, 0.3) is 0 Å². The molecule has 2 aromatic rings. The van der Waals surface area contributed by atoms with Gasteiger partial charge >= 0.3 is 0 Å². The number of anilines is 1. The van der Waals surface area contributed by atoms with Crippen LogP contribution in [0.3, 0.4) is 0 Å². The summed E-state index contributed by atoms with van der Waals surface area (Å²) in [6, 6.07) is 18.4. The van der Waals surface area contributed by atoms with E-state index >= 15 is 0 Å². The molecule has 0 saturated heterocycles. The van der Waals surface area contributed by atoms with Gasteiger partial charge in [-0.25, -0.2) is 0 Å². The number of carbonyl (C=O) groups is 2. The largest absolute Gasteiger partial charge is 0.336 e. The van der Waals surface area contributed by atoms with Crippen molar-refractivity contribution in [3.05, 3.63) is 65.7 Å². The monoisotopic (exact) mass is 335 g/mol. The first kappa shape index (κ1) is 18.2. The number of benzene rings is 2. The van der Waals surface area contributed by atoms with E-state index < -0.39 is 0 Å². The van der Waals surface area contributed by atoms with Crippen molar-refractivity contribution in [1.82, 2.24) is 4.90 Å². The van der Waals surface area contributed by atoms with Crippen LogP contribution in [0, 0.1) is 11.3 Å². The van der Waals surface area contributed by atoms with E-state index in [9.17, 15) is 9.59 Å². The number of nitrogens with one attached hydrogen (secondary N) is 1. The Labute approximate surface area is 147 Å². The van der Waals surface area contributed by atoms with Gasteiger partial charge in [0.25, 0.3) is 0 Å². The molecule has 0 radical (unpaired) electrons. The second-order valence-electron chi connectivity index (χ2n) is 5.79. The van der Waals surface area contributed by atoms with Gasteiger partial charge < -0.3 is 10.2 Å². The van der Waals surface area contributed by atoms with Crippen molar-refractivity contribution < 1.29 is 9.59 Å². The topological polar surface area (TPSA) is 73.2 Å². The van der Waals surface area contributed by atoms with Crippen LogP contribution < -0.4 is 5.32 Å². The average molecular weight is 335 g/mol. The molecule has 0 aliphatic heterocycles. The fourth-order valence-electron chi connectivity index (χ4n) is 2.65. The lowest BCUT2D eigenvalue weighted by molar-refractivity contribution is -0.131. The molecule has 2 rings (SSSR count). The first-order valence-electron chi connectivity index (χ1n) is 8.13. The maximum absolute atomic E-state index is 12.2. The third-order valence-corrected chi connectivity index (χ3v) is 4.01. The minimum atomic E-state index is -0.193. The van der Waals surface area contributed by atoms with Gasteiger partial charge in [-0.05, 0) is 30.7 Å². The maximum Gasteiger partial charge on any atom is 0.226 e. The summed E-state index contributed by atoms with van der Waals surface area (Å²) in [7, 11) is 0. The highest BCUT2D eigenvalue weighted by molar-refractivity contribution is 5.91. The van der Waals surface area contributed by atoms with Gasteiger partial charge in [0.2, 0.25) is 11.8 Å². The van der Waals surface area contributed by atoms with Gasteiger partial charge in [-0.15, -0.1) is 0 Å². The molecule has 128 valence electrons. The Morgan fingerprint density at radius 2 is 1.88 bits per heavy atom. The lowest BCUT2D eigenvalue weighted by Gasteiger charge is -2.28. The van der Waals surface area contributed by atoms with Gasteiger partial charge in [0, 0.05) is 25.6 Å². The van der Waals surface area contributed by atoms with Crippen molar-refractivity contribution in [2.75, 3.05) is 11.9 Å².